The molecule has 5 rings (SSSR count). The highest BCUT2D eigenvalue weighted by atomic mass is 16.5. The molecule has 3 heterocycles. The summed E-state index contributed by atoms with van der Waals surface area (Å²) in [4.78, 5) is 46.4. The van der Waals surface area contributed by atoms with Crippen molar-refractivity contribution in [1.29, 1.82) is 0 Å². The second-order valence-electron chi connectivity index (χ2n) is 11.5. The number of piperazine rings is 1. The number of carbonyl (C=O) groups is 3. The molecule has 4 fully saturated rings. The molecule has 8 nitrogen and oxygen atoms in total. The fourth-order valence-corrected chi connectivity index (χ4v) is 7.13. The minimum atomic E-state index is -0.513. The summed E-state index contributed by atoms with van der Waals surface area (Å²) in [5.74, 6) is -0.813. The maximum absolute atomic E-state index is 14.4. The van der Waals surface area contributed by atoms with Crippen molar-refractivity contribution >= 4 is 23.3 Å². The number of fused-ring (bicyclic) bond motifs is 1. The van der Waals surface area contributed by atoms with E-state index in [4.69, 9.17) is 10.5 Å². The molecule has 8 heteroatoms. The lowest BCUT2D eigenvalue weighted by Crippen LogP contribution is -2.47. The van der Waals surface area contributed by atoms with E-state index in [0.29, 0.717) is 12.1 Å². The van der Waals surface area contributed by atoms with E-state index >= 15 is 0 Å². The van der Waals surface area contributed by atoms with Gasteiger partial charge in [-0.2, -0.15) is 0 Å². The maximum Gasteiger partial charge on any atom is 0.249 e. The second kappa shape index (κ2) is 11.1. The number of primary amides is 1. The average molecular weight is 511 g/mol. The number of ketones is 1. The number of nitrogens with two attached hydrogens (primary N) is 1. The minimum absolute atomic E-state index is 0.0149. The average Bonchev–Trinajstić information content (AvgIpc) is 3.45. The zero-order chi connectivity index (χ0) is 26.1. The van der Waals surface area contributed by atoms with Crippen LogP contribution in [0.1, 0.15) is 74.2 Å². The van der Waals surface area contributed by atoms with Crippen molar-refractivity contribution in [2.45, 2.75) is 70.4 Å². The molecule has 1 aromatic carbocycles. The number of benzene rings is 1. The monoisotopic (exact) mass is 510 g/mol. The summed E-state index contributed by atoms with van der Waals surface area (Å²) >= 11 is 0. The van der Waals surface area contributed by atoms with Crippen LogP contribution in [0.4, 0.5) is 5.69 Å². The maximum atomic E-state index is 14.4. The molecule has 0 aromatic heterocycles. The van der Waals surface area contributed by atoms with Crippen LogP contribution < -0.4 is 10.6 Å². The Bertz CT molecular complexity index is 1020. The molecule has 202 valence electrons. The second-order valence-corrected chi connectivity index (χ2v) is 11.5. The summed E-state index contributed by atoms with van der Waals surface area (Å²) in [6.45, 7) is 9.78. The molecule has 4 atom stereocenters. The Morgan fingerprint density at radius 3 is 2.51 bits per heavy atom. The molecule has 37 heavy (non-hydrogen) atoms. The molecule has 1 aliphatic carbocycles. The lowest BCUT2D eigenvalue weighted by Gasteiger charge is -2.37. The zero-order valence-corrected chi connectivity index (χ0v) is 22.4. The number of hydrogen-bond donors (Lipinski definition) is 1. The molecule has 0 bridgehead atoms. The predicted molar refractivity (Wildman–Crippen MR) is 143 cm³/mol. The van der Waals surface area contributed by atoms with Gasteiger partial charge in [-0.3, -0.25) is 19.3 Å². The normalized spacial score (nSPS) is 27.9. The van der Waals surface area contributed by atoms with E-state index < -0.39 is 17.9 Å². The van der Waals surface area contributed by atoms with Crippen LogP contribution in [0.2, 0.25) is 0 Å². The Morgan fingerprint density at radius 2 is 1.84 bits per heavy atom. The number of rotatable bonds is 7. The molecule has 1 saturated carbocycles. The van der Waals surface area contributed by atoms with Crippen LogP contribution in [0.5, 0.6) is 0 Å². The third kappa shape index (κ3) is 5.15. The van der Waals surface area contributed by atoms with Crippen molar-refractivity contribution in [2.24, 2.45) is 17.6 Å². The quantitative estimate of drug-likeness (QED) is 0.606. The van der Waals surface area contributed by atoms with Crippen LogP contribution in [0.25, 0.3) is 0 Å². The van der Waals surface area contributed by atoms with Crippen LogP contribution in [0.15, 0.2) is 18.2 Å². The lowest BCUT2D eigenvalue weighted by molar-refractivity contribution is -0.139. The smallest absolute Gasteiger partial charge is 0.249 e. The third-order valence-electron chi connectivity index (χ3n) is 9.02. The zero-order valence-electron chi connectivity index (χ0n) is 22.4. The van der Waals surface area contributed by atoms with E-state index in [1.807, 2.05) is 19.1 Å². The standard InChI is InChI=1S/C29H42N4O4/c1-3-11-31-12-14-32(15-13-31)21-9-10-22(28(30)35)23(16-21)25(20-7-5-4-6-8-20)29(36)33-17-19(2)27-26(33)24(34)18-37-27/h9-10,16,19-20,25-27H,3-8,11-15,17-18H2,1-2H3,(H2,30,35)/t19-,25-,26+,27+/m0/s1. The summed E-state index contributed by atoms with van der Waals surface area (Å²) in [6.07, 6.45) is 6.11. The first kappa shape index (κ1) is 26.2. The molecule has 3 saturated heterocycles. The fourth-order valence-electron chi connectivity index (χ4n) is 7.13. The van der Waals surface area contributed by atoms with E-state index in [0.717, 1.165) is 76.1 Å². The molecule has 0 radical (unpaired) electrons. The number of nitrogens with zero attached hydrogens (tertiary/aromatic N) is 3. The molecule has 1 aromatic rings. The van der Waals surface area contributed by atoms with Crippen LogP contribution in [-0.2, 0) is 14.3 Å². The van der Waals surface area contributed by atoms with Gasteiger partial charge in [0.15, 0.2) is 5.78 Å². The Labute approximate surface area is 220 Å². The molecule has 2 N–H and O–H groups in total. The Kier molecular flexibility index (Phi) is 7.86. The SMILES string of the molecule is CCCN1CCN(c2ccc(C(N)=O)c([C@@H](C(=O)N3C[C@H](C)[C@H]4OCC(=O)[C@H]43)C3CCCCC3)c2)CC1. The molecular weight excluding hydrogens is 468 g/mol. The molecule has 2 amide bonds. The van der Waals surface area contributed by atoms with Gasteiger partial charge in [-0.15, -0.1) is 0 Å². The highest BCUT2D eigenvalue weighted by molar-refractivity contribution is 5.99. The topological polar surface area (TPSA) is 96.2 Å². The first-order valence-corrected chi connectivity index (χ1v) is 14.2. The van der Waals surface area contributed by atoms with Gasteiger partial charge in [0, 0.05) is 49.9 Å². The van der Waals surface area contributed by atoms with E-state index in [1.165, 1.54) is 6.42 Å². The first-order chi connectivity index (χ1) is 17.9. The van der Waals surface area contributed by atoms with Gasteiger partial charge in [0.05, 0.1) is 12.0 Å². The fraction of sp³-hybridized carbons (Fsp3) is 0.690. The molecule has 3 aliphatic heterocycles. The number of ether oxygens (including phenoxy) is 1. The van der Waals surface area contributed by atoms with Gasteiger partial charge in [0.25, 0.3) is 0 Å². The predicted octanol–water partition coefficient (Wildman–Crippen LogP) is 2.80. The van der Waals surface area contributed by atoms with Crippen LogP contribution in [0.3, 0.4) is 0 Å². The molecular formula is C29H42N4O4. The van der Waals surface area contributed by atoms with Gasteiger partial charge in [0.2, 0.25) is 11.8 Å². The third-order valence-corrected chi connectivity index (χ3v) is 9.02. The summed E-state index contributed by atoms with van der Waals surface area (Å²) in [7, 11) is 0. The van der Waals surface area contributed by atoms with Gasteiger partial charge in [-0.1, -0.05) is 33.1 Å². The largest absolute Gasteiger partial charge is 0.369 e. The van der Waals surface area contributed by atoms with E-state index in [-0.39, 0.29) is 36.2 Å². The van der Waals surface area contributed by atoms with Crippen molar-refractivity contribution in [1.82, 2.24) is 9.80 Å². The number of hydrogen-bond acceptors (Lipinski definition) is 6. The molecule has 0 spiro atoms. The van der Waals surface area contributed by atoms with E-state index in [1.54, 1.807) is 4.90 Å². The Hall–Kier alpha value is -2.45. The van der Waals surface area contributed by atoms with Gasteiger partial charge in [-0.05, 0) is 55.5 Å². The van der Waals surface area contributed by atoms with Crippen molar-refractivity contribution in [3.05, 3.63) is 29.3 Å². The number of amides is 2. The molecule has 0 unspecified atom stereocenters. The van der Waals surface area contributed by atoms with Crippen LogP contribution in [-0.4, -0.2) is 85.4 Å². The van der Waals surface area contributed by atoms with Crippen molar-refractivity contribution < 1.29 is 19.1 Å². The number of Topliss-reactive ketones (excluding diaryl/α,β-unsaturated/α-hetero) is 1. The van der Waals surface area contributed by atoms with Crippen LogP contribution >= 0.6 is 0 Å². The Balaban J connectivity index is 1.50. The minimum Gasteiger partial charge on any atom is -0.369 e. The molecule has 4 aliphatic rings. The van der Waals surface area contributed by atoms with Gasteiger partial charge < -0.3 is 20.3 Å². The number of likely N-dealkylation sites (tertiary alicyclic amines) is 1. The van der Waals surface area contributed by atoms with Gasteiger partial charge in [0.1, 0.15) is 12.6 Å². The number of anilines is 1. The van der Waals surface area contributed by atoms with Crippen molar-refractivity contribution in [2.75, 3.05) is 50.8 Å². The van der Waals surface area contributed by atoms with Gasteiger partial charge in [-0.25, -0.2) is 0 Å². The highest BCUT2D eigenvalue weighted by Gasteiger charge is 2.52. The van der Waals surface area contributed by atoms with Crippen molar-refractivity contribution in [3.63, 3.8) is 0 Å². The van der Waals surface area contributed by atoms with Crippen LogP contribution in [0, 0.1) is 11.8 Å². The Morgan fingerprint density at radius 1 is 1.11 bits per heavy atom. The summed E-state index contributed by atoms with van der Waals surface area (Å²) < 4.78 is 5.77. The summed E-state index contributed by atoms with van der Waals surface area (Å²) in [6, 6.07) is 5.33. The summed E-state index contributed by atoms with van der Waals surface area (Å²) in [5.41, 5.74) is 8.09. The van der Waals surface area contributed by atoms with E-state index in [2.05, 4.69) is 22.8 Å². The highest BCUT2D eigenvalue weighted by Crippen LogP contribution is 2.42. The van der Waals surface area contributed by atoms with Gasteiger partial charge >= 0.3 is 0 Å². The lowest BCUT2D eigenvalue weighted by atomic mass is 9.74. The van der Waals surface area contributed by atoms with Crippen molar-refractivity contribution in [3.8, 4) is 0 Å². The summed E-state index contributed by atoms with van der Waals surface area (Å²) in [5, 5.41) is 0. The number of carbonyl (C=O) groups excluding carboxylic acids is 3. The first-order valence-electron chi connectivity index (χ1n) is 14.2. The van der Waals surface area contributed by atoms with E-state index in [9.17, 15) is 14.4 Å².